The molecule has 5 nitrogen and oxygen atoms in total. The minimum atomic E-state index is -2.66. The maximum absolute atomic E-state index is 5.64. The maximum Gasteiger partial charge on any atom is 0.360 e. The SMILES string of the molecule is CCOP(=Nc1ccc(OC)cc1)(OCC)OCC. The maximum atomic E-state index is 5.64. The number of nitrogens with zero attached hydrogens (tertiary/aromatic N) is 1. The number of hydrogen-bond donors (Lipinski definition) is 0. The van der Waals surface area contributed by atoms with Crippen LogP contribution in [-0.2, 0) is 13.6 Å². The van der Waals surface area contributed by atoms with Crippen LogP contribution in [0.15, 0.2) is 29.0 Å². The van der Waals surface area contributed by atoms with Crippen LogP contribution in [0, 0.1) is 0 Å². The second-order valence-electron chi connectivity index (χ2n) is 3.52. The van der Waals surface area contributed by atoms with E-state index in [1.165, 1.54) is 0 Å². The first-order valence-electron chi connectivity index (χ1n) is 6.39. The van der Waals surface area contributed by atoms with E-state index in [1.807, 2.05) is 45.0 Å². The summed E-state index contributed by atoms with van der Waals surface area (Å²) in [6, 6.07) is 7.39. The first kappa shape index (κ1) is 16.2. The van der Waals surface area contributed by atoms with E-state index in [1.54, 1.807) is 7.11 Å². The molecule has 0 aliphatic heterocycles. The van der Waals surface area contributed by atoms with Gasteiger partial charge in [0.15, 0.2) is 0 Å². The van der Waals surface area contributed by atoms with E-state index in [4.69, 9.17) is 18.3 Å². The highest BCUT2D eigenvalue weighted by Gasteiger charge is 2.22. The molecule has 19 heavy (non-hydrogen) atoms. The highest BCUT2D eigenvalue weighted by atomic mass is 31.2. The lowest BCUT2D eigenvalue weighted by Gasteiger charge is -2.21. The Balaban J connectivity index is 3.07. The number of benzene rings is 1. The Labute approximate surface area is 115 Å². The standard InChI is InChI=1S/C13H22NO4P/c1-5-16-19(17-6-2,18-7-3)14-12-8-10-13(15-4)11-9-12/h8-11H,5-7H2,1-4H3. The van der Waals surface area contributed by atoms with E-state index in [0.717, 1.165) is 11.4 Å². The Hall–Kier alpha value is -0.870. The first-order chi connectivity index (χ1) is 9.19. The van der Waals surface area contributed by atoms with Crippen molar-refractivity contribution in [3.8, 4) is 5.75 Å². The molecule has 0 aromatic heterocycles. The zero-order chi connectivity index (χ0) is 14.1. The van der Waals surface area contributed by atoms with Crippen molar-refractivity contribution in [2.24, 2.45) is 4.74 Å². The van der Waals surface area contributed by atoms with Crippen molar-refractivity contribution in [2.45, 2.75) is 20.8 Å². The van der Waals surface area contributed by atoms with Gasteiger partial charge in [0.25, 0.3) is 0 Å². The van der Waals surface area contributed by atoms with Crippen LogP contribution < -0.4 is 4.74 Å². The van der Waals surface area contributed by atoms with Gasteiger partial charge in [-0.2, -0.15) is 4.74 Å². The number of ether oxygens (including phenoxy) is 1. The molecule has 0 saturated heterocycles. The summed E-state index contributed by atoms with van der Waals surface area (Å²) in [5.41, 5.74) is 0.754. The summed E-state index contributed by atoms with van der Waals surface area (Å²) < 4.78 is 26.6. The summed E-state index contributed by atoms with van der Waals surface area (Å²) in [5.74, 6) is 0.784. The molecule has 0 unspecified atom stereocenters. The zero-order valence-corrected chi connectivity index (χ0v) is 12.9. The Kier molecular flexibility index (Phi) is 7.10. The fourth-order valence-corrected chi connectivity index (χ4v) is 3.27. The number of methoxy groups -OCH3 is 1. The molecular formula is C13H22NO4P. The molecule has 0 bridgehead atoms. The topological polar surface area (TPSA) is 49.3 Å². The minimum absolute atomic E-state index is 0.493. The third kappa shape index (κ3) is 4.96. The summed E-state index contributed by atoms with van der Waals surface area (Å²) in [6.07, 6.45) is 0. The monoisotopic (exact) mass is 287 g/mol. The molecule has 1 aromatic carbocycles. The second kappa shape index (κ2) is 8.33. The first-order valence-corrected chi connectivity index (χ1v) is 7.89. The quantitative estimate of drug-likeness (QED) is 0.666. The van der Waals surface area contributed by atoms with Gasteiger partial charge in [0.05, 0.1) is 32.6 Å². The Morgan fingerprint density at radius 3 is 1.74 bits per heavy atom. The van der Waals surface area contributed by atoms with Crippen molar-refractivity contribution in [2.75, 3.05) is 26.9 Å². The summed E-state index contributed by atoms with van der Waals surface area (Å²) in [5, 5.41) is 0. The van der Waals surface area contributed by atoms with Crippen LogP contribution in [0.3, 0.4) is 0 Å². The van der Waals surface area contributed by atoms with Crippen LogP contribution in [0.5, 0.6) is 5.75 Å². The summed E-state index contributed by atoms with van der Waals surface area (Å²) >= 11 is 0. The van der Waals surface area contributed by atoms with Gasteiger partial charge in [0.2, 0.25) is 0 Å². The molecule has 6 heteroatoms. The summed E-state index contributed by atoms with van der Waals surface area (Å²) in [7, 11) is -1.03. The number of hydrogen-bond acceptors (Lipinski definition) is 5. The largest absolute Gasteiger partial charge is 0.497 e. The van der Waals surface area contributed by atoms with Crippen molar-refractivity contribution >= 4 is 13.4 Å². The highest BCUT2D eigenvalue weighted by molar-refractivity contribution is 7.51. The summed E-state index contributed by atoms with van der Waals surface area (Å²) in [6.45, 7) is 7.18. The van der Waals surface area contributed by atoms with Crippen molar-refractivity contribution in [1.29, 1.82) is 0 Å². The smallest absolute Gasteiger partial charge is 0.360 e. The molecule has 108 valence electrons. The van der Waals surface area contributed by atoms with Gasteiger partial charge in [-0.15, -0.1) is 0 Å². The van der Waals surface area contributed by atoms with Crippen molar-refractivity contribution in [3.63, 3.8) is 0 Å². The van der Waals surface area contributed by atoms with E-state index in [0.29, 0.717) is 19.8 Å². The zero-order valence-electron chi connectivity index (χ0n) is 12.0. The molecule has 0 radical (unpaired) electrons. The molecule has 1 aromatic rings. The molecule has 0 fully saturated rings. The van der Waals surface area contributed by atoms with Crippen LogP contribution in [-0.4, -0.2) is 26.9 Å². The van der Waals surface area contributed by atoms with Crippen LogP contribution in [0.2, 0.25) is 0 Å². The van der Waals surface area contributed by atoms with Gasteiger partial charge in [-0.25, -0.2) is 0 Å². The molecule has 0 N–H and O–H groups in total. The van der Waals surface area contributed by atoms with Crippen LogP contribution >= 0.6 is 7.74 Å². The van der Waals surface area contributed by atoms with Crippen molar-refractivity contribution < 1.29 is 18.3 Å². The van der Waals surface area contributed by atoms with Gasteiger partial charge in [0, 0.05) is 0 Å². The second-order valence-corrected chi connectivity index (χ2v) is 5.43. The van der Waals surface area contributed by atoms with E-state index in [9.17, 15) is 0 Å². The highest BCUT2D eigenvalue weighted by Crippen LogP contribution is 2.55. The third-order valence-electron chi connectivity index (χ3n) is 2.19. The predicted molar refractivity (Wildman–Crippen MR) is 76.9 cm³/mol. The molecular weight excluding hydrogens is 265 g/mol. The molecule has 0 spiro atoms. The molecule has 0 heterocycles. The summed E-state index contributed by atoms with van der Waals surface area (Å²) in [4.78, 5) is 0. The lowest BCUT2D eigenvalue weighted by Crippen LogP contribution is -2.00. The van der Waals surface area contributed by atoms with Crippen molar-refractivity contribution in [1.82, 2.24) is 0 Å². The van der Waals surface area contributed by atoms with E-state index < -0.39 is 7.74 Å². The third-order valence-corrected chi connectivity index (χ3v) is 4.42. The molecule has 0 aliphatic rings. The lowest BCUT2D eigenvalue weighted by atomic mass is 10.3. The average Bonchev–Trinajstić information content (AvgIpc) is 2.40. The fraction of sp³-hybridized carbons (Fsp3) is 0.538. The minimum Gasteiger partial charge on any atom is -0.497 e. The molecule has 0 amide bonds. The van der Waals surface area contributed by atoms with Gasteiger partial charge in [-0.1, -0.05) is 0 Å². The molecule has 0 atom stereocenters. The average molecular weight is 287 g/mol. The van der Waals surface area contributed by atoms with E-state index in [-0.39, 0.29) is 0 Å². The van der Waals surface area contributed by atoms with Gasteiger partial charge >= 0.3 is 7.74 Å². The van der Waals surface area contributed by atoms with E-state index >= 15 is 0 Å². The van der Waals surface area contributed by atoms with Gasteiger partial charge in [0.1, 0.15) is 5.75 Å². The molecule has 1 rings (SSSR count). The lowest BCUT2D eigenvalue weighted by molar-refractivity contribution is 0.163. The predicted octanol–water partition coefficient (Wildman–Crippen LogP) is 4.38. The molecule has 0 aliphatic carbocycles. The van der Waals surface area contributed by atoms with Gasteiger partial charge < -0.3 is 18.3 Å². The van der Waals surface area contributed by atoms with Crippen LogP contribution in [0.1, 0.15) is 20.8 Å². The Morgan fingerprint density at radius 2 is 1.37 bits per heavy atom. The van der Waals surface area contributed by atoms with Crippen LogP contribution in [0.25, 0.3) is 0 Å². The normalized spacial score (nSPS) is 11.4. The van der Waals surface area contributed by atoms with E-state index in [2.05, 4.69) is 4.74 Å². The van der Waals surface area contributed by atoms with Gasteiger partial charge in [-0.05, 0) is 45.0 Å². The fourth-order valence-electron chi connectivity index (χ4n) is 1.48. The Morgan fingerprint density at radius 1 is 0.895 bits per heavy atom. The number of rotatable bonds is 8. The van der Waals surface area contributed by atoms with Crippen LogP contribution in [0.4, 0.5) is 5.69 Å². The molecule has 0 saturated carbocycles. The van der Waals surface area contributed by atoms with Gasteiger partial charge in [-0.3, -0.25) is 0 Å². The van der Waals surface area contributed by atoms with Crippen molar-refractivity contribution in [3.05, 3.63) is 24.3 Å². The Bertz CT molecular complexity index is 395.